The first-order chi connectivity index (χ1) is 9.65. The molecule has 0 aliphatic carbocycles. The first-order valence-corrected chi connectivity index (χ1v) is 6.94. The van der Waals surface area contributed by atoms with E-state index in [1.54, 1.807) is 30.2 Å². The van der Waals surface area contributed by atoms with Gasteiger partial charge in [0.05, 0.1) is 19.8 Å². The summed E-state index contributed by atoms with van der Waals surface area (Å²) in [5.41, 5.74) is 0.555. The van der Waals surface area contributed by atoms with Crippen molar-refractivity contribution in [2.24, 2.45) is 0 Å². The standard InChI is InChI=1S/C15H21NO4/c1-3-20-13-7-6-11(9-14(13)19-2)15(18)16-8-4-5-12(17)10-16/h6-7,9,12,17H,3-5,8,10H2,1-2H3/t12-/m0/s1. The summed E-state index contributed by atoms with van der Waals surface area (Å²) in [6.07, 6.45) is 1.18. The first kappa shape index (κ1) is 14.7. The van der Waals surface area contributed by atoms with Crippen molar-refractivity contribution >= 4 is 5.91 Å². The molecule has 110 valence electrons. The number of carbonyl (C=O) groups is 1. The zero-order valence-corrected chi connectivity index (χ0v) is 12.0. The highest BCUT2D eigenvalue weighted by molar-refractivity contribution is 5.95. The van der Waals surface area contributed by atoms with Gasteiger partial charge in [0.25, 0.3) is 5.91 Å². The van der Waals surface area contributed by atoms with Gasteiger partial charge in [0.15, 0.2) is 11.5 Å². The zero-order chi connectivity index (χ0) is 14.5. The lowest BCUT2D eigenvalue weighted by Gasteiger charge is -2.30. The Kier molecular flexibility index (Phi) is 4.84. The highest BCUT2D eigenvalue weighted by Gasteiger charge is 2.23. The summed E-state index contributed by atoms with van der Waals surface area (Å²) in [5.74, 6) is 1.10. The number of hydrogen-bond acceptors (Lipinski definition) is 4. The van der Waals surface area contributed by atoms with E-state index in [4.69, 9.17) is 9.47 Å². The van der Waals surface area contributed by atoms with Crippen LogP contribution < -0.4 is 9.47 Å². The maximum Gasteiger partial charge on any atom is 0.254 e. The van der Waals surface area contributed by atoms with Gasteiger partial charge >= 0.3 is 0 Å². The van der Waals surface area contributed by atoms with E-state index in [2.05, 4.69) is 0 Å². The average molecular weight is 279 g/mol. The number of piperidine rings is 1. The molecule has 0 unspecified atom stereocenters. The third kappa shape index (κ3) is 3.22. The lowest BCUT2D eigenvalue weighted by Crippen LogP contribution is -2.42. The molecule has 1 fully saturated rings. The number of ether oxygens (including phenoxy) is 2. The largest absolute Gasteiger partial charge is 0.493 e. The molecule has 1 aliphatic rings. The maximum absolute atomic E-state index is 12.4. The fraction of sp³-hybridized carbons (Fsp3) is 0.533. The van der Waals surface area contributed by atoms with Gasteiger partial charge in [-0.05, 0) is 38.0 Å². The van der Waals surface area contributed by atoms with Crippen LogP contribution in [0.2, 0.25) is 0 Å². The molecule has 0 aromatic heterocycles. The Hall–Kier alpha value is -1.75. The Labute approximate surface area is 119 Å². The highest BCUT2D eigenvalue weighted by Crippen LogP contribution is 2.28. The fourth-order valence-corrected chi connectivity index (χ4v) is 2.40. The Balaban J connectivity index is 2.17. The normalized spacial score (nSPS) is 18.8. The molecule has 2 rings (SSSR count). The molecule has 1 amide bonds. The first-order valence-electron chi connectivity index (χ1n) is 6.94. The molecule has 5 nitrogen and oxygen atoms in total. The van der Waals surface area contributed by atoms with E-state index >= 15 is 0 Å². The molecule has 20 heavy (non-hydrogen) atoms. The lowest BCUT2D eigenvalue weighted by atomic mass is 10.1. The minimum absolute atomic E-state index is 0.0786. The van der Waals surface area contributed by atoms with Gasteiger partial charge in [0.1, 0.15) is 0 Å². The van der Waals surface area contributed by atoms with E-state index < -0.39 is 6.10 Å². The van der Waals surface area contributed by atoms with Crippen molar-refractivity contribution < 1.29 is 19.4 Å². The van der Waals surface area contributed by atoms with Gasteiger partial charge in [0, 0.05) is 18.7 Å². The topological polar surface area (TPSA) is 59.0 Å². The van der Waals surface area contributed by atoms with Crippen LogP contribution in [0.3, 0.4) is 0 Å². The van der Waals surface area contributed by atoms with Gasteiger partial charge in [-0.1, -0.05) is 0 Å². The summed E-state index contributed by atoms with van der Waals surface area (Å²) in [5, 5.41) is 9.65. The quantitative estimate of drug-likeness (QED) is 0.911. The third-order valence-corrected chi connectivity index (χ3v) is 3.39. The van der Waals surface area contributed by atoms with Crippen LogP contribution in [0.1, 0.15) is 30.1 Å². The molecule has 1 heterocycles. The van der Waals surface area contributed by atoms with Gasteiger partial charge in [-0.25, -0.2) is 0 Å². The average Bonchev–Trinajstić information content (AvgIpc) is 2.47. The Morgan fingerprint density at radius 3 is 2.90 bits per heavy atom. The number of hydrogen-bond donors (Lipinski definition) is 1. The number of methoxy groups -OCH3 is 1. The molecule has 0 saturated carbocycles. The lowest BCUT2D eigenvalue weighted by molar-refractivity contribution is 0.0473. The zero-order valence-electron chi connectivity index (χ0n) is 12.0. The summed E-state index contributed by atoms with van der Waals surface area (Å²) in [7, 11) is 1.55. The minimum Gasteiger partial charge on any atom is -0.493 e. The van der Waals surface area contributed by atoms with E-state index in [9.17, 15) is 9.90 Å². The second kappa shape index (κ2) is 6.61. The Morgan fingerprint density at radius 1 is 1.45 bits per heavy atom. The van der Waals surface area contributed by atoms with E-state index in [0.29, 0.717) is 36.8 Å². The van der Waals surface area contributed by atoms with E-state index in [1.807, 2.05) is 6.92 Å². The van der Waals surface area contributed by atoms with Crippen LogP contribution in [-0.4, -0.2) is 48.8 Å². The molecule has 1 aromatic carbocycles. The number of benzene rings is 1. The van der Waals surface area contributed by atoms with Crippen molar-refractivity contribution in [1.29, 1.82) is 0 Å². The summed E-state index contributed by atoms with van der Waals surface area (Å²) < 4.78 is 10.7. The van der Waals surface area contributed by atoms with Gasteiger partial charge < -0.3 is 19.5 Å². The number of aliphatic hydroxyl groups excluding tert-OH is 1. The minimum atomic E-state index is -0.419. The number of amides is 1. The number of rotatable bonds is 4. The van der Waals surface area contributed by atoms with E-state index in [1.165, 1.54) is 0 Å². The van der Waals surface area contributed by atoms with E-state index in [-0.39, 0.29) is 5.91 Å². The predicted octanol–water partition coefficient (Wildman–Crippen LogP) is 1.69. The Morgan fingerprint density at radius 2 is 2.25 bits per heavy atom. The molecule has 0 radical (unpaired) electrons. The van der Waals surface area contributed by atoms with Crippen LogP contribution in [0, 0.1) is 0 Å². The molecular weight excluding hydrogens is 258 g/mol. The van der Waals surface area contributed by atoms with Crippen LogP contribution >= 0.6 is 0 Å². The summed E-state index contributed by atoms with van der Waals surface area (Å²) >= 11 is 0. The van der Waals surface area contributed by atoms with Crippen molar-refractivity contribution in [3.05, 3.63) is 23.8 Å². The monoisotopic (exact) mass is 279 g/mol. The molecule has 1 atom stereocenters. The van der Waals surface area contributed by atoms with Crippen molar-refractivity contribution in [2.45, 2.75) is 25.9 Å². The smallest absolute Gasteiger partial charge is 0.254 e. The van der Waals surface area contributed by atoms with Crippen molar-refractivity contribution in [2.75, 3.05) is 26.8 Å². The molecule has 1 aromatic rings. The number of likely N-dealkylation sites (tertiary alicyclic amines) is 1. The maximum atomic E-state index is 12.4. The second-order valence-corrected chi connectivity index (χ2v) is 4.85. The van der Waals surface area contributed by atoms with Crippen LogP contribution in [0.4, 0.5) is 0 Å². The number of β-amino-alcohol motifs (C(OH)–C–C–N with tert-alkyl or cyclic N) is 1. The number of nitrogens with zero attached hydrogens (tertiary/aromatic N) is 1. The molecule has 0 spiro atoms. The molecule has 0 bridgehead atoms. The van der Waals surface area contributed by atoms with Crippen molar-refractivity contribution in [3.63, 3.8) is 0 Å². The molecule has 1 saturated heterocycles. The second-order valence-electron chi connectivity index (χ2n) is 4.85. The SMILES string of the molecule is CCOc1ccc(C(=O)N2CCC[C@H](O)C2)cc1OC. The molecular formula is C15H21NO4. The molecule has 1 N–H and O–H groups in total. The van der Waals surface area contributed by atoms with Crippen LogP contribution in [0.5, 0.6) is 11.5 Å². The van der Waals surface area contributed by atoms with Gasteiger partial charge in [-0.15, -0.1) is 0 Å². The van der Waals surface area contributed by atoms with Crippen LogP contribution in [0.25, 0.3) is 0 Å². The van der Waals surface area contributed by atoms with Crippen molar-refractivity contribution in [1.82, 2.24) is 4.90 Å². The molecule has 1 aliphatic heterocycles. The fourth-order valence-electron chi connectivity index (χ4n) is 2.40. The third-order valence-electron chi connectivity index (χ3n) is 3.39. The Bertz CT molecular complexity index is 475. The summed E-state index contributed by atoms with van der Waals surface area (Å²) in [4.78, 5) is 14.1. The van der Waals surface area contributed by atoms with Gasteiger partial charge in [-0.3, -0.25) is 4.79 Å². The molecule has 5 heteroatoms. The summed E-state index contributed by atoms with van der Waals surface area (Å²) in [6.45, 7) is 3.52. The summed E-state index contributed by atoms with van der Waals surface area (Å²) in [6, 6.07) is 5.17. The van der Waals surface area contributed by atoms with Gasteiger partial charge in [0.2, 0.25) is 0 Å². The van der Waals surface area contributed by atoms with E-state index in [0.717, 1.165) is 12.8 Å². The number of carbonyl (C=O) groups excluding carboxylic acids is 1. The highest BCUT2D eigenvalue weighted by atomic mass is 16.5. The van der Waals surface area contributed by atoms with Crippen LogP contribution in [0.15, 0.2) is 18.2 Å². The number of aliphatic hydroxyl groups is 1. The van der Waals surface area contributed by atoms with Crippen LogP contribution in [-0.2, 0) is 0 Å². The van der Waals surface area contributed by atoms with Gasteiger partial charge in [-0.2, -0.15) is 0 Å². The van der Waals surface area contributed by atoms with Crippen molar-refractivity contribution in [3.8, 4) is 11.5 Å². The predicted molar refractivity (Wildman–Crippen MR) is 75.3 cm³/mol.